The summed E-state index contributed by atoms with van der Waals surface area (Å²) in [5, 5.41) is 6.40. The molecule has 1 aromatic carbocycles. The Labute approximate surface area is 172 Å². The molecule has 1 aliphatic heterocycles. The Morgan fingerprint density at radius 2 is 1.75 bits per heavy atom. The van der Waals surface area contributed by atoms with Crippen molar-refractivity contribution in [3.63, 3.8) is 0 Å². The van der Waals surface area contributed by atoms with Crippen molar-refractivity contribution < 1.29 is 4.79 Å². The number of carbonyl (C=O) groups excluding carboxylic acids is 1. The second kappa shape index (κ2) is 8.95. The zero-order valence-electron chi connectivity index (χ0n) is 17.7. The first-order valence-corrected chi connectivity index (χ1v) is 11.1. The van der Waals surface area contributed by atoms with E-state index < -0.39 is 0 Å². The molecule has 28 heavy (non-hydrogen) atoms. The van der Waals surface area contributed by atoms with Crippen molar-refractivity contribution in [1.82, 2.24) is 9.88 Å². The number of anilines is 2. The van der Waals surface area contributed by atoms with Gasteiger partial charge in [-0.25, -0.2) is 9.78 Å². The lowest BCUT2D eigenvalue weighted by atomic mass is 9.93. The largest absolute Gasteiger partial charge is 0.346 e. The molecule has 0 spiro atoms. The number of hydrogen-bond donors (Lipinski definition) is 1. The lowest BCUT2D eigenvalue weighted by Crippen LogP contribution is -2.38. The molecule has 0 bridgehead atoms. The zero-order valence-corrected chi connectivity index (χ0v) is 18.5. The first-order valence-electron chi connectivity index (χ1n) is 10.2. The number of hydrogen-bond acceptors (Lipinski definition) is 4. The summed E-state index contributed by atoms with van der Waals surface area (Å²) in [5.41, 5.74) is 4.46. The number of urea groups is 1. The average molecular weight is 401 g/mol. The highest BCUT2D eigenvalue weighted by molar-refractivity contribution is 7.13. The number of benzene rings is 1. The molecule has 2 aromatic rings. The van der Waals surface area contributed by atoms with Crippen LogP contribution in [0.2, 0.25) is 0 Å². The molecule has 3 rings (SSSR count). The molecule has 0 aliphatic carbocycles. The number of thiazole rings is 1. The fraction of sp³-hybridized carbons (Fsp3) is 0.545. The minimum Gasteiger partial charge on any atom is -0.346 e. The van der Waals surface area contributed by atoms with Crippen molar-refractivity contribution >= 4 is 28.2 Å². The summed E-state index contributed by atoms with van der Waals surface area (Å²) in [4.78, 5) is 21.9. The van der Waals surface area contributed by atoms with E-state index in [-0.39, 0.29) is 6.03 Å². The Morgan fingerprint density at radius 3 is 2.32 bits per heavy atom. The molecule has 1 N–H and O–H groups in total. The van der Waals surface area contributed by atoms with Crippen LogP contribution in [0.4, 0.5) is 15.6 Å². The van der Waals surface area contributed by atoms with Crippen LogP contribution in [0.3, 0.4) is 0 Å². The smallest absolute Gasteiger partial charge is 0.321 e. The zero-order chi connectivity index (χ0) is 20.3. The molecule has 2 heterocycles. The standard InChI is InChI=1S/C22H32N4OS/c1-15(2)18-8-6-9-19(16(3)4)20(18)24-21(27)25-10-7-11-26(13-12-25)22-23-17(5)14-28-22/h6,8-9,14-16H,7,10-13H2,1-5H3,(H,24,27). The molecule has 1 aliphatic rings. The van der Waals surface area contributed by atoms with Crippen LogP contribution in [0.1, 0.15) is 62.8 Å². The monoisotopic (exact) mass is 400 g/mol. The second-order valence-corrected chi connectivity index (χ2v) is 8.99. The van der Waals surface area contributed by atoms with Crippen LogP contribution < -0.4 is 10.2 Å². The van der Waals surface area contributed by atoms with Crippen LogP contribution in [0.5, 0.6) is 0 Å². The number of aryl methyl sites for hydroxylation is 1. The number of nitrogens with zero attached hydrogens (tertiary/aromatic N) is 3. The Balaban J connectivity index is 1.73. The van der Waals surface area contributed by atoms with Crippen LogP contribution in [0, 0.1) is 6.92 Å². The third-order valence-electron chi connectivity index (χ3n) is 5.27. The van der Waals surface area contributed by atoms with Crippen molar-refractivity contribution in [2.24, 2.45) is 0 Å². The predicted molar refractivity (Wildman–Crippen MR) is 119 cm³/mol. The van der Waals surface area contributed by atoms with E-state index in [0.29, 0.717) is 18.4 Å². The number of rotatable bonds is 4. The lowest BCUT2D eigenvalue weighted by molar-refractivity contribution is 0.215. The topological polar surface area (TPSA) is 48.5 Å². The van der Waals surface area contributed by atoms with Crippen LogP contribution in [0.15, 0.2) is 23.6 Å². The first kappa shape index (κ1) is 20.6. The fourth-order valence-corrected chi connectivity index (χ4v) is 4.54. The number of carbonyl (C=O) groups is 1. The third kappa shape index (κ3) is 4.66. The fourth-order valence-electron chi connectivity index (χ4n) is 3.68. The van der Waals surface area contributed by atoms with Gasteiger partial charge in [-0.05, 0) is 36.3 Å². The molecule has 2 amide bonds. The van der Waals surface area contributed by atoms with E-state index in [1.165, 1.54) is 11.1 Å². The van der Waals surface area contributed by atoms with E-state index in [2.05, 4.69) is 66.5 Å². The maximum Gasteiger partial charge on any atom is 0.321 e. The second-order valence-electron chi connectivity index (χ2n) is 8.15. The van der Waals surface area contributed by atoms with Crippen LogP contribution in [-0.2, 0) is 0 Å². The maximum absolute atomic E-state index is 13.1. The van der Waals surface area contributed by atoms with E-state index in [9.17, 15) is 4.79 Å². The summed E-state index contributed by atoms with van der Waals surface area (Å²) >= 11 is 1.68. The highest BCUT2D eigenvalue weighted by Gasteiger charge is 2.23. The Hall–Kier alpha value is -2.08. The molecule has 152 valence electrons. The number of nitrogens with one attached hydrogen (secondary N) is 1. The lowest BCUT2D eigenvalue weighted by Gasteiger charge is -2.25. The highest BCUT2D eigenvalue weighted by atomic mass is 32.1. The number of aromatic nitrogens is 1. The van der Waals surface area contributed by atoms with Gasteiger partial charge in [-0.1, -0.05) is 45.9 Å². The molecule has 6 heteroatoms. The van der Waals surface area contributed by atoms with Crippen LogP contribution in [-0.4, -0.2) is 42.1 Å². The Kier molecular flexibility index (Phi) is 6.60. The van der Waals surface area contributed by atoms with Gasteiger partial charge in [0.25, 0.3) is 0 Å². The van der Waals surface area contributed by atoms with Gasteiger partial charge in [0.2, 0.25) is 0 Å². The molecule has 5 nitrogen and oxygen atoms in total. The van der Waals surface area contributed by atoms with Gasteiger partial charge in [-0.2, -0.15) is 0 Å². The highest BCUT2D eigenvalue weighted by Crippen LogP contribution is 2.32. The van der Waals surface area contributed by atoms with Crippen molar-refractivity contribution in [1.29, 1.82) is 0 Å². The Morgan fingerprint density at radius 1 is 1.07 bits per heavy atom. The SMILES string of the molecule is Cc1csc(N2CCCN(C(=O)Nc3c(C(C)C)cccc3C(C)C)CC2)n1. The van der Waals surface area contributed by atoms with E-state index in [1.54, 1.807) is 11.3 Å². The molecule has 1 aromatic heterocycles. The molecular weight excluding hydrogens is 368 g/mol. The summed E-state index contributed by atoms with van der Waals surface area (Å²) in [6, 6.07) is 6.36. The van der Waals surface area contributed by atoms with Crippen molar-refractivity contribution in [3.05, 3.63) is 40.4 Å². The van der Waals surface area contributed by atoms with Crippen molar-refractivity contribution in [3.8, 4) is 0 Å². The van der Waals surface area contributed by atoms with Gasteiger partial charge in [0.05, 0.1) is 5.69 Å². The molecular formula is C22H32N4OS. The van der Waals surface area contributed by atoms with Crippen LogP contribution in [0.25, 0.3) is 0 Å². The molecule has 0 radical (unpaired) electrons. The first-order chi connectivity index (χ1) is 13.4. The molecule has 0 atom stereocenters. The van der Waals surface area contributed by atoms with E-state index >= 15 is 0 Å². The number of amides is 2. The molecule has 1 fully saturated rings. The molecule has 1 saturated heterocycles. The van der Waals surface area contributed by atoms with E-state index in [1.807, 2.05) is 11.8 Å². The van der Waals surface area contributed by atoms with Crippen molar-refractivity contribution in [2.75, 3.05) is 36.4 Å². The third-order valence-corrected chi connectivity index (χ3v) is 6.28. The molecule has 0 unspecified atom stereocenters. The minimum atomic E-state index is 0.00664. The van der Waals surface area contributed by atoms with Gasteiger partial charge >= 0.3 is 6.03 Å². The maximum atomic E-state index is 13.1. The minimum absolute atomic E-state index is 0.00664. The van der Waals surface area contributed by atoms with Crippen LogP contribution >= 0.6 is 11.3 Å². The van der Waals surface area contributed by atoms with Gasteiger partial charge in [-0.15, -0.1) is 11.3 Å². The Bertz CT molecular complexity index is 788. The quantitative estimate of drug-likeness (QED) is 0.743. The summed E-state index contributed by atoms with van der Waals surface area (Å²) in [7, 11) is 0. The summed E-state index contributed by atoms with van der Waals surface area (Å²) in [5.74, 6) is 0.725. The molecule has 0 saturated carbocycles. The summed E-state index contributed by atoms with van der Waals surface area (Å²) in [6.07, 6.45) is 0.953. The average Bonchev–Trinajstić information content (AvgIpc) is 2.93. The predicted octanol–water partition coefficient (Wildman–Crippen LogP) is 5.44. The van der Waals surface area contributed by atoms with E-state index in [4.69, 9.17) is 0 Å². The number of para-hydroxylation sites is 1. The van der Waals surface area contributed by atoms with Gasteiger partial charge in [0.15, 0.2) is 5.13 Å². The summed E-state index contributed by atoms with van der Waals surface area (Å²) < 4.78 is 0. The normalized spacial score (nSPS) is 15.2. The van der Waals surface area contributed by atoms with E-state index in [0.717, 1.165) is 42.6 Å². The van der Waals surface area contributed by atoms with Gasteiger partial charge in [0.1, 0.15) is 0 Å². The van der Waals surface area contributed by atoms with Crippen molar-refractivity contribution in [2.45, 2.75) is 52.9 Å². The van der Waals surface area contributed by atoms with Gasteiger partial charge in [-0.3, -0.25) is 0 Å². The van der Waals surface area contributed by atoms with Gasteiger partial charge < -0.3 is 15.1 Å². The van der Waals surface area contributed by atoms with Gasteiger partial charge in [0, 0.05) is 37.2 Å². The summed E-state index contributed by atoms with van der Waals surface area (Å²) in [6.45, 7) is 14.0.